The highest BCUT2D eigenvalue weighted by Crippen LogP contribution is 2.59. The Hall–Kier alpha value is -1.37. The number of epoxide rings is 2. The molecule has 0 N–H and O–H groups in total. The van der Waals surface area contributed by atoms with Crippen molar-refractivity contribution >= 4 is 19.5 Å². The summed E-state index contributed by atoms with van der Waals surface area (Å²) in [5, 5.41) is 0. The summed E-state index contributed by atoms with van der Waals surface area (Å²) in [6.45, 7) is 10.4. The van der Waals surface area contributed by atoms with Gasteiger partial charge in [-0.15, -0.1) is 0 Å². The summed E-state index contributed by atoms with van der Waals surface area (Å²) < 4.78 is 54.8. The van der Waals surface area contributed by atoms with E-state index >= 15 is 0 Å². The maximum atomic E-state index is 13.0. The van der Waals surface area contributed by atoms with Gasteiger partial charge in [0.05, 0.1) is 59.5 Å². The molecular weight excluding hydrogens is 846 g/mol. The molecule has 1 saturated carbocycles. The van der Waals surface area contributed by atoms with Crippen molar-refractivity contribution < 1.29 is 56.5 Å². The van der Waals surface area contributed by atoms with Crippen LogP contribution in [0.3, 0.4) is 0 Å². The molecule has 0 amide bonds. The number of hydrogen-bond acceptors (Lipinski definition) is 11. The first-order valence-electron chi connectivity index (χ1n) is 26.2. The number of carbonyl (C=O) groups is 2. The Bertz CT molecular complexity index is 1390. The minimum Gasteiger partial charge on any atom is -0.778 e. The molecule has 2 saturated heterocycles. The van der Waals surface area contributed by atoms with Crippen LogP contribution in [0.25, 0.3) is 0 Å². The fraction of sp³-hybridized carbons (Fsp3) is 0.923. The van der Waals surface area contributed by atoms with Crippen LogP contribution in [-0.4, -0.2) is 119 Å². The smallest absolute Gasteiger partial charge is 0.306 e. The van der Waals surface area contributed by atoms with Crippen LogP contribution in [0, 0.1) is 5.92 Å². The lowest BCUT2D eigenvalue weighted by molar-refractivity contribution is -0.870. The van der Waals surface area contributed by atoms with Crippen molar-refractivity contribution in [3.63, 3.8) is 0 Å². The molecule has 65 heavy (non-hydrogen) atoms. The fourth-order valence-electron chi connectivity index (χ4n) is 9.69. The quantitative estimate of drug-likeness (QED) is 0.0144. The van der Waals surface area contributed by atoms with Crippen molar-refractivity contribution in [1.29, 1.82) is 0 Å². The van der Waals surface area contributed by atoms with Crippen molar-refractivity contribution in [3.05, 3.63) is 11.6 Å². The number of hydrogen-bond donors (Lipinski definition) is 0. The Morgan fingerprint density at radius 3 is 1.86 bits per heavy atom. The number of rotatable bonds is 40. The fourth-order valence-corrected chi connectivity index (χ4v) is 10.7. The molecule has 3 fully saturated rings. The van der Waals surface area contributed by atoms with Crippen LogP contribution in [0.1, 0.15) is 201 Å². The molecule has 3 unspecified atom stereocenters. The van der Waals surface area contributed by atoms with Gasteiger partial charge in [0.25, 0.3) is 0 Å². The first kappa shape index (κ1) is 57.9. The highest BCUT2D eigenvalue weighted by molar-refractivity contribution is 7.51. The van der Waals surface area contributed by atoms with Gasteiger partial charge in [0.2, 0.25) is 0 Å². The van der Waals surface area contributed by atoms with E-state index in [1.807, 2.05) is 21.1 Å². The number of esters is 2. The predicted octanol–water partition coefficient (Wildman–Crippen LogP) is 11.2. The number of allylic oxidation sites excluding steroid dienone is 1. The molecule has 0 aromatic heterocycles. The molecular formula is C52H96NO11P. The number of ether oxygens (including phenoxy) is 6. The minimum atomic E-state index is -4.08. The molecule has 2 aliphatic heterocycles. The Morgan fingerprint density at radius 2 is 1.34 bits per heavy atom. The van der Waals surface area contributed by atoms with E-state index in [4.69, 9.17) is 32.9 Å². The molecule has 13 heteroatoms. The van der Waals surface area contributed by atoms with Crippen molar-refractivity contribution in [3.8, 4) is 0 Å². The zero-order chi connectivity index (χ0) is 47.6. The summed E-state index contributed by atoms with van der Waals surface area (Å²) in [5.41, 5.74) is 0.652. The van der Waals surface area contributed by atoms with E-state index in [1.165, 1.54) is 89.0 Å². The zero-order valence-corrected chi connectivity index (χ0v) is 43.6. The van der Waals surface area contributed by atoms with E-state index in [0.29, 0.717) is 43.5 Å². The second kappa shape index (κ2) is 31.0. The van der Waals surface area contributed by atoms with Gasteiger partial charge in [0, 0.05) is 39.1 Å². The lowest BCUT2D eigenvalue weighted by Gasteiger charge is -2.42. The molecule has 0 radical (unpaired) electrons. The molecule has 0 bridgehead atoms. The molecule has 3 aliphatic rings. The van der Waals surface area contributed by atoms with Gasteiger partial charge < -0.3 is 46.9 Å². The van der Waals surface area contributed by atoms with Gasteiger partial charge in [-0.3, -0.25) is 9.59 Å². The van der Waals surface area contributed by atoms with Crippen LogP contribution in [0.2, 0.25) is 0 Å². The Morgan fingerprint density at radius 1 is 0.800 bits per heavy atom. The summed E-state index contributed by atoms with van der Waals surface area (Å²) >= 11 is 0. The van der Waals surface area contributed by atoms with Crippen molar-refractivity contribution in [2.75, 3.05) is 67.4 Å². The predicted molar refractivity (Wildman–Crippen MR) is 258 cm³/mol. The van der Waals surface area contributed by atoms with Gasteiger partial charge in [-0.25, -0.2) is 0 Å². The van der Waals surface area contributed by atoms with Crippen molar-refractivity contribution in [2.45, 2.75) is 237 Å². The second-order valence-electron chi connectivity index (χ2n) is 21.2. The zero-order valence-electron chi connectivity index (χ0n) is 42.7. The van der Waals surface area contributed by atoms with Gasteiger partial charge in [-0.05, 0) is 59.3 Å². The average Bonchev–Trinajstić information content (AvgIpc) is 4.17. The summed E-state index contributed by atoms with van der Waals surface area (Å²) in [4.78, 5) is 38.6. The number of unbranched alkanes of at least 4 members (excludes halogenated alkanes) is 19. The molecule has 8 atom stereocenters. The van der Waals surface area contributed by atoms with E-state index < -0.39 is 13.7 Å². The number of methoxy groups -OCH3 is 1. The van der Waals surface area contributed by atoms with Crippen molar-refractivity contribution in [1.82, 2.24) is 0 Å². The lowest BCUT2D eigenvalue weighted by atomic mass is 9.68. The topological polar surface area (TPSA) is 145 Å². The second-order valence-corrected chi connectivity index (χ2v) is 23.1. The first-order chi connectivity index (χ1) is 31.0. The van der Waals surface area contributed by atoms with Gasteiger partial charge in [-0.1, -0.05) is 134 Å². The van der Waals surface area contributed by atoms with Crippen molar-refractivity contribution in [2.24, 2.45) is 5.92 Å². The van der Waals surface area contributed by atoms with Crippen LogP contribution >= 0.6 is 7.60 Å². The van der Waals surface area contributed by atoms with Gasteiger partial charge >= 0.3 is 11.9 Å². The molecule has 1 aliphatic carbocycles. The average molecular weight is 942 g/mol. The molecule has 12 nitrogen and oxygen atoms in total. The Balaban J connectivity index is 1.28. The van der Waals surface area contributed by atoms with E-state index in [-0.39, 0.29) is 73.2 Å². The van der Waals surface area contributed by atoms with E-state index in [9.17, 15) is 19.0 Å². The van der Waals surface area contributed by atoms with E-state index in [0.717, 1.165) is 64.2 Å². The first-order valence-corrected chi connectivity index (χ1v) is 28.0. The van der Waals surface area contributed by atoms with Gasteiger partial charge in [-0.2, -0.15) is 0 Å². The molecule has 380 valence electrons. The SMILES string of the molecule is CCCCCCCCCCCCCCCCCOCC(COP(=O)([O-])CCC[N+](C)(C)C)OC(=O)CCCCCCCCC(=O)O[C@@H]1CC[C@]2(CO2)[C@@H]([C@@]2(C)OC2CC=C(C)C)[C@@H]1OC. The van der Waals surface area contributed by atoms with Gasteiger partial charge in [0.1, 0.15) is 37.1 Å². The minimum absolute atomic E-state index is 0.00443. The third-order valence-electron chi connectivity index (χ3n) is 13.7. The molecule has 0 aromatic carbocycles. The normalized spacial score (nSPS) is 25.2. The Kier molecular flexibility index (Phi) is 27.6. The van der Waals surface area contributed by atoms with Crippen LogP contribution in [0.15, 0.2) is 11.6 Å². The largest absolute Gasteiger partial charge is 0.778 e. The van der Waals surface area contributed by atoms with Gasteiger partial charge in [0.15, 0.2) is 0 Å². The summed E-state index contributed by atoms with van der Waals surface area (Å²) in [5.74, 6) is -0.555. The third-order valence-corrected chi connectivity index (χ3v) is 15.2. The highest BCUT2D eigenvalue weighted by Gasteiger charge is 2.72. The molecule has 3 rings (SSSR count). The van der Waals surface area contributed by atoms with E-state index in [1.54, 1.807) is 7.11 Å². The van der Waals surface area contributed by atoms with Crippen LogP contribution in [-0.2, 0) is 47.1 Å². The maximum Gasteiger partial charge on any atom is 0.306 e. The van der Waals surface area contributed by atoms with Crippen LogP contribution in [0.5, 0.6) is 0 Å². The van der Waals surface area contributed by atoms with Crippen LogP contribution < -0.4 is 4.89 Å². The number of quaternary nitrogens is 1. The van der Waals surface area contributed by atoms with Crippen LogP contribution in [0.4, 0.5) is 0 Å². The highest BCUT2D eigenvalue weighted by atomic mass is 31.2. The maximum absolute atomic E-state index is 13.0. The monoisotopic (exact) mass is 942 g/mol. The summed E-state index contributed by atoms with van der Waals surface area (Å²) in [7, 11) is 3.69. The molecule has 2 heterocycles. The number of nitrogens with zero attached hydrogens (tertiary/aromatic N) is 1. The third kappa shape index (κ3) is 24.2. The summed E-state index contributed by atoms with van der Waals surface area (Å²) in [6.07, 6.45) is 28.8. The standard InChI is InChI=1S/C52H96NO11P/c1-9-10-11-12-13-14-15-16-17-18-19-20-23-26-29-38-59-40-44(41-61-65(56,57)39-30-37-53(5,6)7)62-47(54)31-27-24-21-22-25-28-32-48(55)63-45-35-36-52(42-60-52)50(49(45)58-8)51(4)46(64-51)34-33-43(2)3/h33,44-46,49-50H,9-32,34-42H2,1-8H3/t44?,45-,46?,49-,50-,51+,52+/m1/s1. The Labute approximate surface area is 396 Å². The molecule has 0 aromatic rings. The van der Waals surface area contributed by atoms with E-state index in [2.05, 4.69) is 33.8 Å². The number of carbonyl (C=O) groups excluding carboxylic acids is 2. The summed E-state index contributed by atoms with van der Waals surface area (Å²) in [6, 6.07) is 0. The molecule has 1 spiro atoms. The lowest BCUT2D eigenvalue weighted by Crippen LogP contribution is -2.55.